The minimum absolute atomic E-state index is 0.521. The molecule has 0 aliphatic heterocycles. The van der Waals surface area contributed by atoms with E-state index in [4.69, 9.17) is 0 Å². The molecular weight excluding hydrogens is 208 g/mol. The summed E-state index contributed by atoms with van der Waals surface area (Å²) in [5.41, 5.74) is 1.15. The third kappa shape index (κ3) is 3.18. The van der Waals surface area contributed by atoms with E-state index in [2.05, 4.69) is 19.7 Å². The van der Waals surface area contributed by atoms with Gasteiger partial charge in [-0.1, -0.05) is 42.5 Å². The van der Waals surface area contributed by atoms with E-state index in [1.807, 2.05) is 30.3 Å². The molecule has 17 heavy (non-hydrogen) atoms. The molecule has 1 rings (SSSR count). The lowest BCUT2D eigenvalue weighted by molar-refractivity contribution is 0.0422. The van der Waals surface area contributed by atoms with Crippen molar-refractivity contribution in [3.05, 3.63) is 73.4 Å². The predicted molar refractivity (Wildman–Crippen MR) is 73.9 cm³/mol. The van der Waals surface area contributed by atoms with Crippen LogP contribution >= 0.6 is 0 Å². The number of allylic oxidation sites excluding steroid dienone is 1. The van der Waals surface area contributed by atoms with Crippen LogP contribution in [-0.2, 0) is 12.0 Å². The van der Waals surface area contributed by atoms with Crippen LogP contribution in [0.5, 0.6) is 0 Å². The molecule has 1 heteroatoms. The van der Waals surface area contributed by atoms with Crippen molar-refractivity contribution in [3.8, 4) is 0 Å². The van der Waals surface area contributed by atoms with Crippen molar-refractivity contribution in [1.29, 1.82) is 0 Å². The molecule has 0 bridgehead atoms. The van der Waals surface area contributed by atoms with Gasteiger partial charge in [0.05, 0.1) is 5.60 Å². The Morgan fingerprint density at radius 3 is 2.12 bits per heavy atom. The van der Waals surface area contributed by atoms with Crippen LogP contribution in [0.3, 0.4) is 0 Å². The molecular formula is C16H20O. The lowest BCUT2D eigenvalue weighted by atomic mass is 9.83. The predicted octanol–water partition coefficient (Wildman–Crippen LogP) is 3.75. The highest BCUT2D eigenvalue weighted by atomic mass is 16.3. The quantitative estimate of drug-likeness (QED) is 0.705. The van der Waals surface area contributed by atoms with E-state index >= 15 is 0 Å². The largest absolute Gasteiger partial charge is 0.385 e. The molecule has 0 fully saturated rings. The van der Waals surface area contributed by atoms with Crippen molar-refractivity contribution >= 4 is 0 Å². The number of hydrogen-bond donors (Lipinski definition) is 1. The Labute approximate surface area is 104 Å². The smallest absolute Gasteiger partial charge is 0.0967 e. The molecule has 90 valence electrons. The Morgan fingerprint density at radius 2 is 1.59 bits per heavy atom. The fraction of sp³-hybridized carbons (Fsp3) is 0.250. The molecule has 0 saturated carbocycles. The van der Waals surface area contributed by atoms with E-state index < -0.39 is 5.60 Å². The third-order valence-corrected chi connectivity index (χ3v) is 2.85. The highest BCUT2D eigenvalue weighted by Gasteiger charge is 2.28. The first kappa shape index (κ1) is 13.5. The Hall–Kier alpha value is -1.60. The lowest BCUT2D eigenvalue weighted by Gasteiger charge is -2.28. The maximum atomic E-state index is 10.7. The Morgan fingerprint density at radius 1 is 1.00 bits per heavy atom. The minimum atomic E-state index is -0.900. The lowest BCUT2D eigenvalue weighted by Crippen LogP contribution is -2.25. The van der Waals surface area contributed by atoms with E-state index in [0.29, 0.717) is 12.8 Å². The summed E-state index contributed by atoms with van der Waals surface area (Å²) in [4.78, 5) is 0. The fourth-order valence-electron chi connectivity index (χ4n) is 2.09. The Bertz CT molecular complexity index is 394. The van der Waals surface area contributed by atoms with Gasteiger partial charge >= 0.3 is 0 Å². The van der Waals surface area contributed by atoms with Gasteiger partial charge in [0.1, 0.15) is 0 Å². The average molecular weight is 228 g/mol. The van der Waals surface area contributed by atoms with Crippen molar-refractivity contribution in [2.24, 2.45) is 0 Å². The van der Waals surface area contributed by atoms with Crippen molar-refractivity contribution < 1.29 is 5.11 Å². The van der Waals surface area contributed by atoms with Crippen LogP contribution in [0, 0.1) is 0 Å². The first-order chi connectivity index (χ1) is 8.18. The second-order valence-corrected chi connectivity index (χ2v) is 4.17. The Kier molecular flexibility index (Phi) is 4.92. The summed E-state index contributed by atoms with van der Waals surface area (Å²) in [5, 5.41) is 10.7. The molecule has 0 spiro atoms. The van der Waals surface area contributed by atoms with Crippen LogP contribution in [0.25, 0.3) is 0 Å². The summed E-state index contributed by atoms with van der Waals surface area (Å²) in [6.07, 6.45) is 7.14. The first-order valence-corrected chi connectivity index (χ1v) is 5.81. The topological polar surface area (TPSA) is 20.2 Å². The zero-order valence-electron chi connectivity index (χ0n) is 10.2. The second-order valence-electron chi connectivity index (χ2n) is 4.17. The molecule has 0 unspecified atom stereocenters. The first-order valence-electron chi connectivity index (χ1n) is 5.81. The number of hydrogen-bond acceptors (Lipinski definition) is 1. The standard InChI is InChI=1S/C16H20O/c1-4-9-14-10-7-8-11-15(14)16(17,12-5-2)13-6-3/h4-8,10-11,17H,1-3,9,12-13H2. The molecule has 1 N–H and O–H groups in total. The molecule has 0 saturated heterocycles. The van der Waals surface area contributed by atoms with E-state index in [0.717, 1.165) is 17.5 Å². The molecule has 0 radical (unpaired) electrons. The van der Waals surface area contributed by atoms with Crippen molar-refractivity contribution in [3.63, 3.8) is 0 Å². The average Bonchev–Trinajstić information content (AvgIpc) is 2.31. The Balaban J connectivity index is 3.20. The van der Waals surface area contributed by atoms with Crippen LogP contribution in [0.4, 0.5) is 0 Å². The second kappa shape index (κ2) is 6.21. The normalized spacial score (nSPS) is 10.9. The van der Waals surface area contributed by atoms with Gasteiger partial charge in [-0.2, -0.15) is 0 Å². The highest BCUT2D eigenvalue weighted by Crippen LogP contribution is 2.32. The molecule has 0 aliphatic carbocycles. The van der Waals surface area contributed by atoms with Gasteiger partial charge in [0.2, 0.25) is 0 Å². The van der Waals surface area contributed by atoms with E-state index in [-0.39, 0.29) is 0 Å². The van der Waals surface area contributed by atoms with Crippen LogP contribution in [0.1, 0.15) is 24.0 Å². The molecule has 1 nitrogen and oxygen atoms in total. The van der Waals surface area contributed by atoms with Gasteiger partial charge < -0.3 is 5.11 Å². The monoisotopic (exact) mass is 228 g/mol. The summed E-state index contributed by atoms with van der Waals surface area (Å²) >= 11 is 0. The van der Waals surface area contributed by atoms with Gasteiger partial charge in [-0.3, -0.25) is 0 Å². The molecule has 0 aliphatic rings. The van der Waals surface area contributed by atoms with Gasteiger partial charge in [0.25, 0.3) is 0 Å². The van der Waals surface area contributed by atoms with E-state index in [1.165, 1.54) is 0 Å². The van der Waals surface area contributed by atoms with Gasteiger partial charge in [-0.25, -0.2) is 0 Å². The molecule has 1 aromatic rings. The van der Waals surface area contributed by atoms with E-state index in [1.54, 1.807) is 12.2 Å². The van der Waals surface area contributed by atoms with Crippen molar-refractivity contribution in [2.75, 3.05) is 0 Å². The maximum absolute atomic E-state index is 10.7. The molecule has 0 amide bonds. The van der Waals surface area contributed by atoms with Gasteiger partial charge in [0.15, 0.2) is 0 Å². The van der Waals surface area contributed by atoms with Crippen LogP contribution in [0.2, 0.25) is 0 Å². The van der Waals surface area contributed by atoms with Gasteiger partial charge in [0, 0.05) is 0 Å². The van der Waals surface area contributed by atoms with Crippen LogP contribution in [-0.4, -0.2) is 5.11 Å². The van der Waals surface area contributed by atoms with Gasteiger partial charge in [-0.05, 0) is 30.4 Å². The third-order valence-electron chi connectivity index (χ3n) is 2.85. The zero-order chi connectivity index (χ0) is 12.7. The fourth-order valence-corrected chi connectivity index (χ4v) is 2.09. The SMILES string of the molecule is C=CCc1ccccc1C(O)(CC=C)CC=C. The zero-order valence-corrected chi connectivity index (χ0v) is 10.2. The van der Waals surface area contributed by atoms with E-state index in [9.17, 15) is 5.11 Å². The summed E-state index contributed by atoms with van der Waals surface area (Å²) in [6, 6.07) is 7.91. The summed E-state index contributed by atoms with van der Waals surface area (Å²) in [7, 11) is 0. The molecule has 1 aromatic carbocycles. The van der Waals surface area contributed by atoms with Crippen LogP contribution < -0.4 is 0 Å². The van der Waals surface area contributed by atoms with Crippen LogP contribution in [0.15, 0.2) is 62.2 Å². The summed E-state index contributed by atoms with van der Waals surface area (Å²) in [5.74, 6) is 0. The summed E-state index contributed by atoms with van der Waals surface area (Å²) in [6.45, 7) is 11.2. The number of aliphatic hydroxyl groups is 1. The number of benzene rings is 1. The summed E-state index contributed by atoms with van der Waals surface area (Å²) < 4.78 is 0. The maximum Gasteiger partial charge on any atom is 0.0967 e. The molecule has 0 atom stereocenters. The van der Waals surface area contributed by atoms with Crippen molar-refractivity contribution in [2.45, 2.75) is 24.9 Å². The van der Waals surface area contributed by atoms with Crippen molar-refractivity contribution in [1.82, 2.24) is 0 Å². The highest BCUT2D eigenvalue weighted by molar-refractivity contribution is 5.34. The molecule has 0 heterocycles. The minimum Gasteiger partial charge on any atom is -0.385 e. The number of rotatable bonds is 7. The van der Waals surface area contributed by atoms with Gasteiger partial charge in [-0.15, -0.1) is 19.7 Å². The molecule has 0 aromatic heterocycles.